The molecular weight excluding hydrogens is 490 g/mol. The van der Waals surface area contributed by atoms with Crippen LogP contribution in [-0.2, 0) is 4.79 Å². The number of fused-ring (bicyclic) bond motifs is 1. The molecule has 0 radical (unpaired) electrons. The monoisotopic (exact) mass is 515 g/mol. The fraction of sp³-hybridized carbons (Fsp3) is 0.179. The summed E-state index contributed by atoms with van der Waals surface area (Å²) in [6, 6.07) is 17.1. The summed E-state index contributed by atoms with van der Waals surface area (Å²) in [7, 11) is 3.59. The average molecular weight is 516 g/mol. The van der Waals surface area contributed by atoms with Gasteiger partial charge in [0.25, 0.3) is 0 Å². The SMILES string of the molecule is C=CC(=O)Nc1cc(Nc2ncc3cccc(-c4cccc(Cl)c4)c3n2)c(OC)cc1OC1CN(C)C1. The summed E-state index contributed by atoms with van der Waals surface area (Å²) in [5.41, 5.74) is 3.72. The molecule has 3 aromatic carbocycles. The number of likely N-dealkylation sites (tertiary alicyclic amines) is 1. The minimum absolute atomic E-state index is 0.0293. The van der Waals surface area contributed by atoms with Crippen molar-refractivity contribution < 1.29 is 14.3 Å². The molecule has 0 saturated carbocycles. The van der Waals surface area contributed by atoms with E-state index in [9.17, 15) is 4.79 Å². The Hall–Kier alpha value is -4.14. The van der Waals surface area contributed by atoms with E-state index in [1.165, 1.54) is 6.08 Å². The number of carbonyl (C=O) groups is 1. The highest BCUT2D eigenvalue weighted by Gasteiger charge is 2.26. The van der Waals surface area contributed by atoms with Gasteiger partial charge < -0.3 is 20.1 Å². The van der Waals surface area contributed by atoms with Gasteiger partial charge in [-0.2, -0.15) is 0 Å². The van der Waals surface area contributed by atoms with E-state index in [4.69, 9.17) is 26.1 Å². The number of aromatic nitrogens is 2. The fourth-order valence-corrected chi connectivity index (χ4v) is 4.42. The van der Waals surface area contributed by atoms with Crippen molar-refractivity contribution in [3.63, 3.8) is 0 Å². The highest BCUT2D eigenvalue weighted by molar-refractivity contribution is 6.30. The van der Waals surface area contributed by atoms with Crippen molar-refractivity contribution in [1.29, 1.82) is 0 Å². The van der Waals surface area contributed by atoms with Gasteiger partial charge in [-0.05, 0) is 36.9 Å². The Morgan fingerprint density at radius 1 is 1.14 bits per heavy atom. The number of ether oxygens (including phenoxy) is 2. The first-order valence-electron chi connectivity index (χ1n) is 11.7. The van der Waals surface area contributed by atoms with E-state index < -0.39 is 0 Å². The number of hydrogen-bond acceptors (Lipinski definition) is 7. The molecule has 37 heavy (non-hydrogen) atoms. The van der Waals surface area contributed by atoms with E-state index in [2.05, 4.69) is 27.1 Å². The summed E-state index contributed by atoms with van der Waals surface area (Å²) in [5.74, 6) is 1.06. The second-order valence-electron chi connectivity index (χ2n) is 8.78. The minimum atomic E-state index is -0.347. The number of methoxy groups -OCH3 is 1. The van der Waals surface area contributed by atoms with Gasteiger partial charge in [-0.25, -0.2) is 9.97 Å². The van der Waals surface area contributed by atoms with Gasteiger partial charge in [0, 0.05) is 41.3 Å². The summed E-state index contributed by atoms with van der Waals surface area (Å²) >= 11 is 6.24. The van der Waals surface area contributed by atoms with Crippen LogP contribution in [0.2, 0.25) is 5.02 Å². The predicted molar refractivity (Wildman–Crippen MR) is 147 cm³/mol. The van der Waals surface area contributed by atoms with E-state index in [0.29, 0.717) is 33.8 Å². The Balaban J connectivity index is 1.52. The van der Waals surface area contributed by atoms with Crippen LogP contribution in [0.3, 0.4) is 0 Å². The lowest BCUT2D eigenvalue weighted by Gasteiger charge is -2.36. The summed E-state index contributed by atoms with van der Waals surface area (Å²) in [6.07, 6.45) is 3.00. The van der Waals surface area contributed by atoms with Crippen molar-refractivity contribution >= 4 is 45.7 Å². The maximum Gasteiger partial charge on any atom is 0.247 e. The molecule has 1 aromatic heterocycles. The van der Waals surface area contributed by atoms with Crippen molar-refractivity contribution in [3.05, 3.63) is 78.5 Å². The number of benzene rings is 3. The first kappa shape index (κ1) is 24.5. The van der Waals surface area contributed by atoms with Crippen molar-refractivity contribution in [1.82, 2.24) is 14.9 Å². The second kappa shape index (κ2) is 10.5. The van der Waals surface area contributed by atoms with Crippen LogP contribution in [0.4, 0.5) is 17.3 Å². The molecule has 1 fully saturated rings. The number of halogens is 1. The van der Waals surface area contributed by atoms with Gasteiger partial charge in [-0.3, -0.25) is 9.69 Å². The second-order valence-corrected chi connectivity index (χ2v) is 9.21. The lowest BCUT2D eigenvalue weighted by molar-refractivity contribution is -0.111. The molecule has 9 heteroatoms. The van der Waals surface area contributed by atoms with Gasteiger partial charge in [0.2, 0.25) is 11.9 Å². The Bertz CT molecular complexity index is 1490. The fourth-order valence-electron chi connectivity index (χ4n) is 4.23. The lowest BCUT2D eigenvalue weighted by atomic mass is 10.0. The molecule has 1 saturated heterocycles. The van der Waals surface area contributed by atoms with Crippen LogP contribution in [-0.4, -0.2) is 54.1 Å². The largest absolute Gasteiger partial charge is 0.494 e. The molecule has 1 aliphatic heterocycles. The maximum atomic E-state index is 12.1. The Morgan fingerprint density at radius 3 is 2.68 bits per heavy atom. The smallest absolute Gasteiger partial charge is 0.247 e. The third-order valence-corrected chi connectivity index (χ3v) is 6.30. The number of rotatable bonds is 8. The van der Waals surface area contributed by atoms with E-state index in [0.717, 1.165) is 35.1 Å². The molecule has 1 aliphatic rings. The van der Waals surface area contributed by atoms with Crippen LogP contribution in [0.5, 0.6) is 11.5 Å². The Kier molecular flexibility index (Phi) is 6.94. The molecule has 1 amide bonds. The van der Waals surface area contributed by atoms with Crippen LogP contribution in [0.15, 0.2) is 73.4 Å². The van der Waals surface area contributed by atoms with Crippen LogP contribution >= 0.6 is 11.6 Å². The third kappa shape index (κ3) is 5.35. The molecule has 8 nitrogen and oxygen atoms in total. The van der Waals surface area contributed by atoms with E-state index in [1.807, 2.05) is 49.5 Å². The third-order valence-electron chi connectivity index (χ3n) is 6.06. The molecule has 0 spiro atoms. The molecule has 0 atom stereocenters. The Labute approximate surface area is 219 Å². The van der Waals surface area contributed by atoms with Crippen molar-refractivity contribution in [2.45, 2.75) is 6.10 Å². The van der Waals surface area contributed by atoms with Gasteiger partial charge >= 0.3 is 0 Å². The number of anilines is 3. The van der Waals surface area contributed by atoms with E-state index >= 15 is 0 Å². The highest BCUT2D eigenvalue weighted by atomic mass is 35.5. The molecule has 2 heterocycles. The summed E-state index contributed by atoms with van der Waals surface area (Å²) < 4.78 is 11.8. The number of hydrogen-bond donors (Lipinski definition) is 2. The maximum absolute atomic E-state index is 12.1. The van der Waals surface area contributed by atoms with E-state index in [1.54, 1.807) is 25.4 Å². The normalized spacial score (nSPS) is 13.6. The number of para-hydroxylation sites is 1. The van der Waals surface area contributed by atoms with Gasteiger partial charge in [0.1, 0.15) is 17.6 Å². The lowest BCUT2D eigenvalue weighted by Crippen LogP contribution is -2.51. The first-order valence-corrected chi connectivity index (χ1v) is 12.1. The highest BCUT2D eigenvalue weighted by Crippen LogP contribution is 2.39. The average Bonchev–Trinajstić information content (AvgIpc) is 2.88. The van der Waals surface area contributed by atoms with Crippen LogP contribution in [0, 0.1) is 0 Å². The van der Waals surface area contributed by atoms with Crippen molar-refractivity contribution in [2.24, 2.45) is 0 Å². The van der Waals surface area contributed by atoms with Crippen molar-refractivity contribution in [2.75, 3.05) is 37.9 Å². The molecule has 2 N–H and O–H groups in total. The van der Waals surface area contributed by atoms with Gasteiger partial charge in [0.05, 0.1) is 24.0 Å². The molecule has 5 rings (SSSR count). The first-order chi connectivity index (χ1) is 17.9. The molecule has 0 bridgehead atoms. The van der Waals surface area contributed by atoms with Crippen LogP contribution in [0.25, 0.3) is 22.0 Å². The molecule has 0 unspecified atom stereocenters. The molecule has 4 aromatic rings. The molecule has 188 valence electrons. The summed E-state index contributed by atoms with van der Waals surface area (Å²) in [6.45, 7) is 5.15. The molecule has 0 aliphatic carbocycles. The number of likely N-dealkylation sites (N-methyl/N-ethyl adjacent to an activating group) is 1. The molecular formula is C28H26ClN5O3. The minimum Gasteiger partial charge on any atom is -0.494 e. The number of nitrogens with one attached hydrogen (secondary N) is 2. The predicted octanol–water partition coefficient (Wildman–Crippen LogP) is 5.52. The summed E-state index contributed by atoms with van der Waals surface area (Å²) in [5, 5.41) is 7.60. The Morgan fingerprint density at radius 2 is 1.95 bits per heavy atom. The zero-order valence-electron chi connectivity index (χ0n) is 20.5. The van der Waals surface area contributed by atoms with Crippen molar-refractivity contribution in [3.8, 4) is 22.6 Å². The number of carbonyl (C=O) groups excluding carboxylic acids is 1. The topological polar surface area (TPSA) is 88.6 Å². The standard InChI is InChI=1S/C28H26ClN5O3/c1-4-26(35)31-23-12-22(24(36-3)13-25(23)37-20-15-34(2)16-20)32-28-30-14-18-8-6-10-21(27(18)33-28)17-7-5-9-19(29)11-17/h4-14,20H,1,15-16H2,2-3H3,(H,31,35)(H,30,32,33). The zero-order chi connectivity index (χ0) is 25.9. The van der Waals surface area contributed by atoms with Crippen LogP contribution in [0.1, 0.15) is 0 Å². The van der Waals surface area contributed by atoms with E-state index in [-0.39, 0.29) is 12.0 Å². The van der Waals surface area contributed by atoms with Gasteiger partial charge in [0.15, 0.2) is 0 Å². The van der Waals surface area contributed by atoms with Gasteiger partial charge in [-0.1, -0.05) is 48.5 Å². The van der Waals surface area contributed by atoms with Crippen LogP contribution < -0.4 is 20.1 Å². The number of nitrogens with zero attached hydrogens (tertiary/aromatic N) is 3. The quantitative estimate of drug-likeness (QED) is 0.299. The summed E-state index contributed by atoms with van der Waals surface area (Å²) in [4.78, 5) is 23.6. The van der Waals surface area contributed by atoms with Gasteiger partial charge in [-0.15, -0.1) is 0 Å². The zero-order valence-corrected chi connectivity index (χ0v) is 21.2. The number of amides is 1.